The van der Waals surface area contributed by atoms with Gasteiger partial charge in [-0.05, 0) is 53.6 Å². The van der Waals surface area contributed by atoms with Crippen LogP contribution in [0.3, 0.4) is 0 Å². The average molecular weight is 386 g/mol. The number of hydrogen-bond donors (Lipinski definition) is 0. The fraction of sp³-hybridized carbons (Fsp3) is 0. The Labute approximate surface area is 166 Å². The van der Waals surface area contributed by atoms with E-state index in [1.54, 1.807) is 24.3 Å². The van der Waals surface area contributed by atoms with Crippen LogP contribution < -0.4 is 0 Å². The number of fused-ring (bicyclic) bond motifs is 3. The summed E-state index contributed by atoms with van der Waals surface area (Å²) in [5.74, 6) is -0.336. The van der Waals surface area contributed by atoms with Gasteiger partial charge in [0, 0.05) is 21.7 Å². The van der Waals surface area contributed by atoms with Crippen LogP contribution in [0.4, 0.5) is 4.39 Å². The third-order valence-electron chi connectivity index (χ3n) is 4.97. The summed E-state index contributed by atoms with van der Waals surface area (Å²) in [4.78, 5) is 17.9. The third kappa shape index (κ3) is 2.63. The molecule has 0 spiro atoms. The standard InChI is InChI=1S/C24H13ClFNO/c25-16-9-5-14(6-10-16)20-13-21(15-7-11-17(26)12-8-15)27-23-18-3-1-2-4-19(18)24(28)22(20)23/h1-13H. The zero-order valence-corrected chi connectivity index (χ0v) is 15.4. The molecule has 0 atom stereocenters. The van der Waals surface area contributed by atoms with Crippen molar-refractivity contribution >= 4 is 17.4 Å². The molecule has 5 rings (SSSR count). The fourth-order valence-electron chi connectivity index (χ4n) is 3.62. The molecule has 0 saturated carbocycles. The number of nitrogens with zero attached hydrogens (tertiary/aromatic N) is 1. The molecule has 0 fully saturated rings. The maximum atomic E-state index is 13.4. The first kappa shape index (κ1) is 16.8. The van der Waals surface area contributed by atoms with E-state index in [2.05, 4.69) is 0 Å². The first-order valence-electron chi connectivity index (χ1n) is 8.83. The van der Waals surface area contributed by atoms with E-state index in [-0.39, 0.29) is 11.6 Å². The molecule has 4 heteroatoms. The Bertz CT molecular complexity index is 1230. The van der Waals surface area contributed by atoms with Crippen LogP contribution in [0, 0.1) is 5.82 Å². The molecule has 0 radical (unpaired) electrons. The topological polar surface area (TPSA) is 30.0 Å². The second-order valence-electron chi connectivity index (χ2n) is 6.67. The molecule has 0 unspecified atom stereocenters. The van der Waals surface area contributed by atoms with Crippen LogP contribution in [0.5, 0.6) is 0 Å². The van der Waals surface area contributed by atoms with Gasteiger partial charge in [0.25, 0.3) is 0 Å². The van der Waals surface area contributed by atoms with Gasteiger partial charge in [-0.2, -0.15) is 0 Å². The van der Waals surface area contributed by atoms with E-state index in [4.69, 9.17) is 16.6 Å². The first-order valence-corrected chi connectivity index (χ1v) is 9.20. The van der Waals surface area contributed by atoms with Crippen molar-refractivity contribution in [2.75, 3.05) is 0 Å². The van der Waals surface area contributed by atoms with E-state index in [1.807, 2.05) is 42.5 Å². The summed E-state index contributed by atoms with van der Waals surface area (Å²) in [5.41, 5.74) is 5.87. The van der Waals surface area contributed by atoms with Crippen LogP contribution in [0.25, 0.3) is 33.6 Å². The Morgan fingerprint density at radius 1 is 0.750 bits per heavy atom. The van der Waals surface area contributed by atoms with Gasteiger partial charge in [-0.3, -0.25) is 4.79 Å². The summed E-state index contributed by atoms with van der Waals surface area (Å²) in [7, 11) is 0. The summed E-state index contributed by atoms with van der Waals surface area (Å²) in [6.07, 6.45) is 0. The summed E-state index contributed by atoms with van der Waals surface area (Å²) < 4.78 is 13.4. The normalized spacial score (nSPS) is 12.0. The zero-order chi connectivity index (χ0) is 19.3. The molecule has 1 aromatic heterocycles. The number of ketones is 1. The lowest BCUT2D eigenvalue weighted by atomic mass is 9.96. The van der Waals surface area contributed by atoms with Crippen LogP contribution in [0.1, 0.15) is 15.9 Å². The molecule has 1 heterocycles. The van der Waals surface area contributed by atoms with E-state index in [0.717, 1.165) is 22.3 Å². The molecular formula is C24H13ClFNO. The lowest BCUT2D eigenvalue weighted by Crippen LogP contribution is -2.00. The number of benzene rings is 3. The van der Waals surface area contributed by atoms with Crippen molar-refractivity contribution in [1.82, 2.24) is 4.98 Å². The van der Waals surface area contributed by atoms with Gasteiger partial charge >= 0.3 is 0 Å². The minimum atomic E-state index is -0.302. The smallest absolute Gasteiger partial charge is 0.196 e. The maximum Gasteiger partial charge on any atom is 0.196 e. The summed E-state index contributed by atoms with van der Waals surface area (Å²) in [6.45, 7) is 0. The Morgan fingerprint density at radius 3 is 2.11 bits per heavy atom. The minimum absolute atomic E-state index is 0.0336. The van der Waals surface area contributed by atoms with Crippen molar-refractivity contribution in [2.45, 2.75) is 0 Å². The van der Waals surface area contributed by atoms with E-state index in [1.165, 1.54) is 12.1 Å². The summed E-state index contributed by atoms with van der Waals surface area (Å²) >= 11 is 6.05. The van der Waals surface area contributed by atoms with Gasteiger partial charge in [0.1, 0.15) is 5.82 Å². The van der Waals surface area contributed by atoms with Crippen LogP contribution in [0.15, 0.2) is 78.9 Å². The molecule has 28 heavy (non-hydrogen) atoms. The highest BCUT2D eigenvalue weighted by Crippen LogP contribution is 2.42. The second kappa shape index (κ2) is 6.39. The fourth-order valence-corrected chi connectivity index (χ4v) is 3.74. The molecule has 0 bridgehead atoms. The van der Waals surface area contributed by atoms with E-state index < -0.39 is 0 Å². The van der Waals surface area contributed by atoms with Crippen molar-refractivity contribution in [3.05, 3.63) is 101 Å². The summed E-state index contributed by atoms with van der Waals surface area (Å²) in [5, 5.41) is 0.628. The van der Waals surface area contributed by atoms with Crippen molar-refractivity contribution in [3.8, 4) is 33.6 Å². The van der Waals surface area contributed by atoms with E-state index in [9.17, 15) is 9.18 Å². The SMILES string of the molecule is O=C1c2ccccc2-c2nc(-c3ccc(F)cc3)cc(-c3ccc(Cl)cc3)c21. The van der Waals surface area contributed by atoms with E-state index >= 15 is 0 Å². The van der Waals surface area contributed by atoms with Crippen molar-refractivity contribution < 1.29 is 9.18 Å². The minimum Gasteiger partial charge on any atom is -0.288 e. The molecule has 1 aliphatic carbocycles. The second-order valence-corrected chi connectivity index (χ2v) is 7.10. The number of rotatable bonds is 2. The van der Waals surface area contributed by atoms with Crippen molar-refractivity contribution in [3.63, 3.8) is 0 Å². The number of carbonyl (C=O) groups excluding carboxylic acids is 1. The number of pyridine rings is 1. The quantitative estimate of drug-likeness (QED) is 0.351. The van der Waals surface area contributed by atoms with Gasteiger partial charge in [-0.1, -0.05) is 48.0 Å². The van der Waals surface area contributed by atoms with Gasteiger partial charge < -0.3 is 0 Å². The Kier molecular flexibility index (Phi) is 3.85. The Hall–Kier alpha value is -3.30. The number of aromatic nitrogens is 1. The van der Waals surface area contributed by atoms with Crippen molar-refractivity contribution in [1.29, 1.82) is 0 Å². The van der Waals surface area contributed by atoms with Crippen molar-refractivity contribution in [2.24, 2.45) is 0 Å². The van der Waals surface area contributed by atoms with E-state index in [0.29, 0.717) is 27.5 Å². The first-order chi connectivity index (χ1) is 13.6. The third-order valence-corrected chi connectivity index (χ3v) is 5.22. The van der Waals surface area contributed by atoms with Crippen LogP contribution >= 0.6 is 11.6 Å². The van der Waals surface area contributed by atoms with Crippen LogP contribution in [-0.2, 0) is 0 Å². The largest absolute Gasteiger partial charge is 0.288 e. The molecule has 0 N–H and O–H groups in total. The molecule has 0 aliphatic heterocycles. The van der Waals surface area contributed by atoms with Gasteiger partial charge in [-0.25, -0.2) is 9.37 Å². The molecule has 1 aliphatic rings. The lowest BCUT2D eigenvalue weighted by molar-refractivity contribution is 0.104. The average Bonchev–Trinajstić information content (AvgIpc) is 3.01. The highest BCUT2D eigenvalue weighted by atomic mass is 35.5. The Balaban J connectivity index is 1.81. The highest BCUT2D eigenvalue weighted by molar-refractivity contribution is 6.30. The van der Waals surface area contributed by atoms with Crippen LogP contribution in [-0.4, -0.2) is 10.8 Å². The Morgan fingerprint density at radius 2 is 1.39 bits per heavy atom. The molecule has 0 saturated heterocycles. The number of carbonyl (C=O) groups is 1. The molecule has 3 aromatic carbocycles. The maximum absolute atomic E-state index is 13.4. The lowest BCUT2D eigenvalue weighted by Gasteiger charge is -2.11. The summed E-state index contributed by atoms with van der Waals surface area (Å²) in [6, 6.07) is 23.0. The molecule has 2 nitrogen and oxygen atoms in total. The number of hydrogen-bond acceptors (Lipinski definition) is 2. The molecule has 4 aromatic rings. The predicted octanol–water partition coefficient (Wildman–Crippen LogP) is 6.42. The highest BCUT2D eigenvalue weighted by Gasteiger charge is 2.31. The zero-order valence-electron chi connectivity index (χ0n) is 14.6. The van der Waals surface area contributed by atoms with Gasteiger partial charge in [-0.15, -0.1) is 0 Å². The van der Waals surface area contributed by atoms with Crippen LogP contribution in [0.2, 0.25) is 5.02 Å². The monoisotopic (exact) mass is 385 g/mol. The van der Waals surface area contributed by atoms with Gasteiger partial charge in [0.05, 0.1) is 17.0 Å². The number of halogens is 2. The van der Waals surface area contributed by atoms with Gasteiger partial charge in [0.2, 0.25) is 0 Å². The molecule has 0 amide bonds. The predicted molar refractivity (Wildman–Crippen MR) is 109 cm³/mol. The molecular weight excluding hydrogens is 373 g/mol. The molecule has 134 valence electrons. The van der Waals surface area contributed by atoms with Gasteiger partial charge in [0.15, 0.2) is 5.78 Å².